The summed E-state index contributed by atoms with van der Waals surface area (Å²) >= 11 is 2.05. The maximum Gasteiger partial charge on any atom is 0.237 e. The standard InChI is InChI=1S/C17H33N3OS/c1-16(2,3)14(18)15(21)19-13-17(7-5-4-6-8-17)20-9-11-22-12-10-20/h14H,4-13,18H2,1-3H3,(H,19,21)/t14-/m1/s1. The van der Waals surface area contributed by atoms with E-state index in [1.165, 1.54) is 43.6 Å². The minimum atomic E-state index is -0.440. The molecule has 0 aromatic heterocycles. The molecule has 5 heteroatoms. The Morgan fingerprint density at radius 1 is 1.23 bits per heavy atom. The van der Waals surface area contributed by atoms with E-state index < -0.39 is 6.04 Å². The fourth-order valence-electron chi connectivity index (χ4n) is 3.61. The largest absolute Gasteiger partial charge is 0.353 e. The molecule has 1 aliphatic heterocycles. The number of thioether (sulfide) groups is 1. The van der Waals surface area contributed by atoms with Gasteiger partial charge in [0.25, 0.3) is 0 Å². The highest BCUT2D eigenvalue weighted by Crippen LogP contribution is 2.35. The van der Waals surface area contributed by atoms with Crippen molar-refractivity contribution in [3.8, 4) is 0 Å². The van der Waals surface area contributed by atoms with Crippen molar-refractivity contribution in [2.75, 3.05) is 31.1 Å². The number of nitrogens with two attached hydrogens (primary N) is 1. The molecule has 2 rings (SSSR count). The summed E-state index contributed by atoms with van der Waals surface area (Å²) in [6.45, 7) is 9.15. The van der Waals surface area contributed by atoms with Gasteiger partial charge in [-0.1, -0.05) is 40.0 Å². The fourth-order valence-corrected chi connectivity index (χ4v) is 4.51. The van der Waals surface area contributed by atoms with Crippen LogP contribution in [0, 0.1) is 5.41 Å². The zero-order valence-electron chi connectivity index (χ0n) is 14.5. The zero-order valence-corrected chi connectivity index (χ0v) is 15.3. The monoisotopic (exact) mass is 327 g/mol. The van der Waals surface area contributed by atoms with E-state index in [0.29, 0.717) is 0 Å². The minimum absolute atomic E-state index is 0.00355. The van der Waals surface area contributed by atoms with E-state index in [1.54, 1.807) is 0 Å². The van der Waals surface area contributed by atoms with Gasteiger partial charge < -0.3 is 11.1 Å². The summed E-state index contributed by atoms with van der Waals surface area (Å²) in [7, 11) is 0. The summed E-state index contributed by atoms with van der Waals surface area (Å²) in [6, 6.07) is -0.440. The molecule has 0 radical (unpaired) electrons. The topological polar surface area (TPSA) is 58.4 Å². The molecule has 1 amide bonds. The van der Waals surface area contributed by atoms with Crippen LogP contribution in [0.1, 0.15) is 52.9 Å². The van der Waals surface area contributed by atoms with E-state index in [9.17, 15) is 4.79 Å². The second-order valence-corrected chi connectivity index (χ2v) is 9.17. The highest BCUT2D eigenvalue weighted by atomic mass is 32.2. The number of hydrogen-bond donors (Lipinski definition) is 2. The van der Waals surface area contributed by atoms with Gasteiger partial charge >= 0.3 is 0 Å². The Hall–Kier alpha value is -0.260. The summed E-state index contributed by atoms with van der Waals surface area (Å²) in [5.41, 5.74) is 6.09. The second kappa shape index (κ2) is 7.54. The third kappa shape index (κ3) is 4.39. The summed E-state index contributed by atoms with van der Waals surface area (Å²) in [5.74, 6) is 2.44. The van der Waals surface area contributed by atoms with E-state index in [0.717, 1.165) is 19.6 Å². The summed E-state index contributed by atoms with van der Waals surface area (Å²) in [6.07, 6.45) is 6.32. The lowest BCUT2D eigenvalue weighted by molar-refractivity contribution is -0.125. The molecule has 0 aromatic carbocycles. The van der Waals surface area contributed by atoms with Crippen LogP contribution in [-0.4, -0.2) is 53.5 Å². The predicted molar refractivity (Wildman–Crippen MR) is 95.2 cm³/mol. The predicted octanol–water partition coefficient (Wildman–Crippen LogP) is 2.23. The number of rotatable bonds is 4. The lowest BCUT2D eigenvalue weighted by Gasteiger charge is -2.48. The van der Waals surface area contributed by atoms with Gasteiger partial charge in [0.15, 0.2) is 0 Å². The SMILES string of the molecule is CC(C)(C)[C@H](N)C(=O)NCC1(N2CCSCC2)CCCCC1. The van der Waals surface area contributed by atoms with E-state index in [4.69, 9.17) is 5.73 Å². The minimum Gasteiger partial charge on any atom is -0.353 e. The van der Waals surface area contributed by atoms with E-state index >= 15 is 0 Å². The van der Waals surface area contributed by atoms with Crippen molar-refractivity contribution in [1.29, 1.82) is 0 Å². The number of nitrogens with zero attached hydrogens (tertiary/aromatic N) is 1. The number of hydrogen-bond acceptors (Lipinski definition) is 4. The maximum absolute atomic E-state index is 12.4. The first-order valence-electron chi connectivity index (χ1n) is 8.71. The molecule has 1 saturated heterocycles. The smallest absolute Gasteiger partial charge is 0.237 e. The first-order chi connectivity index (χ1) is 10.4. The Kier molecular flexibility index (Phi) is 6.20. The van der Waals surface area contributed by atoms with Crippen molar-refractivity contribution < 1.29 is 4.79 Å². The average molecular weight is 328 g/mol. The Bertz CT molecular complexity index is 369. The van der Waals surface area contributed by atoms with Gasteiger partial charge in [0, 0.05) is 36.7 Å². The maximum atomic E-state index is 12.4. The molecule has 0 bridgehead atoms. The van der Waals surface area contributed by atoms with Gasteiger partial charge in [0.05, 0.1) is 6.04 Å². The number of nitrogens with one attached hydrogen (secondary N) is 1. The molecule has 1 aliphatic carbocycles. The van der Waals surface area contributed by atoms with Crippen LogP contribution in [-0.2, 0) is 4.79 Å². The van der Waals surface area contributed by atoms with Crippen LogP contribution >= 0.6 is 11.8 Å². The molecule has 2 aliphatic rings. The molecular weight excluding hydrogens is 294 g/mol. The number of amides is 1. The van der Waals surface area contributed by atoms with Crippen LogP contribution in [0.25, 0.3) is 0 Å². The molecule has 22 heavy (non-hydrogen) atoms. The van der Waals surface area contributed by atoms with Gasteiger partial charge in [0.1, 0.15) is 0 Å². The Labute approximate surface area is 140 Å². The lowest BCUT2D eigenvalue weighted by Crippen LogP contribution is -2.60. The normalized spacial score (nSPS) is 24.7. The van der Waals surface area contributed by atoms with Crippen molar-refractivity contribution in [2.24, 2.45) is 11.1 Å². The van der Waals surface area contributed by atoms with Crippen molar-refractivity contribution >= 4 is 17.7 Å². The molecule has 0 aromatic rings. The molecule has 1 heterocycles. The van der Waals surface area contributed by atoms with Gasteiger partial charge in [-0.2, -0.15) is 11.8 Å². The van der Waals surface area contributed by atoms with Crippen LogP contribution in [0.3, 0.4) is 0 Å². The third-order valence-corrected chi connectivity index (χ3v) is 6.22. The van der Waals surface area contributed by atoms with Gasteiger partial charge in [-0.05, 0) is 18.3 Å². The molecule has 4 nitrogen and oxygen atoms in total. The van der Waals surface area contributed by atoms with Crippen molar-refractivity contribution in [3.63, 3.8) is 0 Å². The molecular formula is C17H33N3OS. The van der Waals surface area contributed by atoms with Crippen LogP contribution in [0.15, 0.2) is 0 Å². The van der Waals surface area contributed by atoms with E-state index in [2.05, 4.69) is 10.2 Å². The molecule has 3 N–H and O–H groups in total. The van der Waals surface area contributed by atoms with Gasteiger partial charge in [-0.15, -0.1) is 0 Å². The van der Waals surface area contributed by atoms with E-state index in [1.807, 2.05) is 32.5 Å². The van der Waals surface area contributed by atoms with Crippen LogP contribution in [0.2, 0.25) is 0 Å². The summed E-state index contributed by atoms with van der Waals surface area (Å²) in [5, 5.41) is 3.18. The van der Waals surface area contributed by atoms with E-state index in [-0.39, 0.29) is 16.9 Å². The molecule has 0 spiro atoms. The van der Waals surface area contributed by atoms with Crippen molar-refractivity contribution in [2.45, 2.75) is 64.5 Å². The quantitative estimate of drug-likeness (QED) is 0.831. The highest BCUT2D eigenvalue weighted by molar-refractivity contribution is 7.99. The third-order valence-electron chi connectivity index (χ3n) is 5.27. The van der Waals surface area contributed by atoms with Crippen molar-refractivity contribution in [1.82, 2.24) is 10.2 Å². The Morgan fingerprint density at radius 3 is 2.36 bits per heavy atom. The number of carbonyl (C=O) groups is 1. The zero-order chi connectivity index (χ0) is 16.2. The first-order valence-corrected chi connectivity index (χ1v) is 9.87. The fraction of sp³-hybridized carbons (Fsp3) is 0.941. The first kappa shape index (κ1) is 18.1. The van der Waals surface area contributed by atoms with Gasteiger partial charge in [-0.3, -0.25) is 9.69 Å². The molecule has 1 saturated carbocycles. The average Bonchev–Trinajstić information content (AvgIpc) is 2.53. The summed E-state index contributed by atoms with van der Waals surface area (Å²) in [4.78, 5) is 15.0. The highest BCUT2D eigenvalue weighted by Gasteiger charge is 2.39. The van der Waals surface area contributed by atoms with Crippen molar-refractivity contribution in [3.05, 3.63) is 0 Å². The Morgan fingerprint density at radius 2 is 1.82 bits per heavy atom. The van der Waals surface area contributed by atoms with Gasteiger partial charge in [0.2, 0.25) is 5.91 Å². The molecule has 1 atom stereocenters. The van der Waals surface area contributed by atoms with Gasteiger partial charge in [-0.25, -0.2) is 0 Å². The molecule has 128 valence electrons. The number of carbonyl (C=O) groups excluding carboxylic acids is 1. The molecule has 0 unspecified atom stereocenters. The lowest BCUT2D eigenvalue weighted by atomic mass is 9.79. The Balaban J connectivity index is 1.99. The van der Waals surface area contributed by atoms with Crippen LogP contribution in [0.4, 0.5) is 0 Å². The summed E-state index contributed by atoms with van der Waals surface area (Å²) < 4.78 is 0. The van der Waals surface area contributed by atoms with Crippen LogP contribution in [0.5, 0.6) is 0 Å². The second-order valence-electron chi connectivity index (χ2n) is 7.95. The molecule has 2 fully saturated rings. The van der Waals surface area contributed by atoms with Crippen LogP contribution < -0.4 is 11.1 Å².